The van der Waals surface area contributed by atoms with Gasteiger partial charge in [0.1, 0.15) is 5.82 Å². The smallest absolute Gasteiger partial charge is 0.170 e. The molecule has 0 bridgehead atoms. The van der Waals surface area contributed by atoms with E-state index in [1.54, 1.807) is 12.1 Å². The van der Waals surface area contributed by atoms with Crippen LogP contribution in [0.3, 0.4) is 0 Å². The van der Waals surface area contributed by atoms with Crippen LogP contribution in [0.15, 0.2) is 52.1 Å². The Morgan fingerprint density at radius 3 is 2.52 bits per heavy atom. The highest BCUT2D eigenvalue weighted by molar-refractivity contribution is 9.10. The summed E-state index contributed by atoms with van der Waals surface area (Å²) in [6.45, 7) is 0.569. The van der Waals surface area contributed by atoms with Gasteiger partial charge in [-0.25, -0.2) is 4.39 Å². The molecule has 4 nitrogen and oxygen atoms in total. The third-order valence-electron chi connectivity index (χ3n) is 3.05. The maximum Gasteiger partial charge on any atom is 0.170 e. The summed E-state index contributed by atoms with van der Waals surface area (Å²) in [4.78, 5) is 1.98. The van der Waals surface area contributed by atoms with Crippen molar-refractivity contribution in [2.24, 2.45) is 10.9 Å². The lowest BCUT2D eigenvalue weighted by Crippen LogP contribution is -2.17. The van der Waals surface area contributed by atoms with Gasteiger partial charge < -0.3 is 15.8 Å². The minimum absolute atomic E-state index is 0.0678. The fourth-order valence-corrected chi connectivity index (χ4v) is 2.52. The molecular formula is C15H15BrFN3O. The quantitative estimate of drug-likeness (QED) is 0.384. The van der Waals surface area contributed by atoms with Gasteiger partial charge in [-0.2, -0.15) is 0 Å². The maximum atomic E-state index is 13.4. The number of nitrogens with zero attached hydrogens (tertiary/aromatic N) is 2. The summed E-state index contributed by atoms with van der Waals surface area (Å²) in [7, 11) is 1.91. The molecule has 0 aromatic heterocycles. The van der Waals surface area contributed by atoms with E-state index in [0.717, 1.165) is 11.3 Å². The molecule has 21 heavy (non-hydrogen) atoms. The van der Waals surface area contributed by atoms with E-state index in [1.807, 2.05) is 30.1 Å². The zero-order valence-corrected chi connectivity index (χ0v) is 13.0. The van der Waals surface area contributed by atoms with E-state index in [1.165, 1.54) is 12.1 Å². The van der Waals surface area contributed by atoms with Gasteiger partial charge in [0.05, 0.1) is 0 Å². The minimum Gasteiger partial charge on any atom is -0.409 e. The number of hydrogen-bond acceptors (Lipinski definition) is 3. The molecule has 2 rings (SSSR count). The Hall–Kier alpha value is -2.08. The number of oxime groups is 1. The molecule has 110 valence electrons. The standard InChI is InChI=1S/C15H15BrFN3O/c1-20(9-10-6-12(16)8-13(17)7-10)14-4-2-11(3-5-14)15(18)19-21/h2-8,21H,9H2,1H3,(H2,18,19). The molecule has 0 amide bonds. The molecule has 0 atom stereocenters. The molecule has 0 saturated carbocycles. The predicted molar refractivity (Wildman–Crippen MR) is 85.2 cm³/mol. The van der Waals surface area contributed by atoms with Crippen LogP contribution < -0.4 is 10.6 Å². The van der Waals surface area contributed by atoms with Crippen LogP contribution in [-0.4, -0.2) is 18.1 Å². The summed E-state index contributed by atoms with van der Waals surface area (Å²) in [6, 6.07) is 12.1. The number of halogens is 2. The zero-order valence-electron chi connectivity index (χ0n) is 11.4. The molecule has 0 aliphatic carbocycles. The second-order valence-corrected chi connectivity index (χ2v) is 5.58. The Kier molecular flexibility index (Phi) is 4.80. The fourth-order valence-electron chi connectivity index (χ4n) is 2.01. The molecule has 0 fully saturated rings. The summed E-state index contributed by atoms with van der Waals surface area (Å²) in [6.07, 6.45) is 0. The van der Waals surface area contributed by atoms with Crippen molar-refractivity contribution >= 4 is 27.5 Å². The largest absolute Gasteiger partial charge is 0.409 e. The third kappa shape index (κ3) is 3.95. The Balaban J connectivity index is 2.14. The van der Waals surface area contributed by atoms with Crippen LogP contribution in [0.1, 0.15) is 11.1 Å². The number of hydrogen-bond donors (Lipinski definition) is 2. The SMILES string of the molecule is CN(Cc1cc(F)cc(Br)c1)c1ccc(C(N)=NO)cc1. The van der Waals surface area contributed by atoms with E-state index < -0.39 is 0 Å². The summed E-state index contributed by atoms with van der Waals surface area (Å²) in [5, 5.41) is 11.6. The molecule has 2 aromatic carbocycles. The first-order valence-corrected chi connectivity index (χ1v) is 7.03. The summed E-state index contributed by atoms with van der Waals surface area (Å²) < 4.78 is 14.1. The number of anilines is 1. The Morgan fingerprint density at radius 2 is 1.95 bits per heavy atom. The second kappa shape index (κ2) is 6.58. The van der Waals surface area contributed by atoms with E-state index in [2.05, 4.69) is 21.1 Å². The molecule has 0 heterocycles. The van der Waals surface area contributed by atoms with E-state index in [-0.39, 0.29) is 11.7 Å². The van der Waals surface area contributed by atoms with Crippen molar-refractivity contribution < 1.29 is 9.60 Å². The molecule has 2 aromatic rings. The van der Waals surface area contributed by atoms with Crippen molar-refractivity contribution in [1.29, 1.82) is 0 Å². The van der Waals surface area contributed by atoms with Gasteiger partial charge in [0.25, 0.3) is 0 Å². The average Bonchev–Trinajstić information content (AvgIpc) is 2.45. The molecule has 0 unspecified atom stereocenters. The van der Waals surface area contributed by atoms with Gasteiger partial charge >= 0.3 is 0 Å². The lowest BCUT2D eigenvalue weighted by Gasteiger charge is -2.20. The molecule has 0 aliphatic rings. The molecule has 0 spiro atoms. The van der Waals surface area contributed by atoms with Crippen LogP contribution in [0.5, 0.6) is 0 Å². The number of rotatable bonds is 4. The van der Waals surface area contributed by atoms with Crippen LogP contribution in [0, 0.1) is 5.82 Å². The number of benzene rings is 2. The van der Waals surface area contributed by atoms with Crippen molar-refractivity contribution in [3.05, 3.63) is 63.9 Å². The first-order chi connectivity index (χ1) is 9.99. The first-order valence-electron chi connectivity index (χ1n) is 6.23. The normalized spacial score (nSPS) is 11.5. The van der Waals surface area contributed by atoms with Crippen LogP contribution in [0.2, 0.25) is 0 Å². The predicted octanol–water partition coefficient (Wildman–Crippen LogP) is 3.32. The van der Waals surface area contributed by atoms with E-state index in [0.29, 0.717) is 16.6 Å². The fraction of sp³-hybridized carbons (Fsp3) is 0.133. The molecule has 0 aliphatic heterocycles. The van der Waals surface area contributed by atoms with Crippen molar-refractivity contribution in [2.45, 2.75) is 6.54 Å². The van der Waals surface area contributed by atoms with Crippen molar-refractivity contribution in [2.75, 3.05) is 11.9 Å². The number of amidine groups is 1. The minimum atomic E-state index is -0.268. The Morgan fingerprint density at radius 1 is 1.29 bits per heavy atom. The Bertz CT molecular complexity index is 638. The molecular weight excluding hydrogens is 337 g/mol. The summed E-state index contributed by atoms with van der Waals surface area (Å²) >= 11 is 3.28. The molecule has 6 heteroatoms. The summed E-state index contributed by atoms with van der Waals surface area (Å²) in [5.41, 5.74) is 7.97. The topological polar surface area (TPSA) is 61.8 Å². The van der Waals surface area contributed by atoms with Crippen LogP contribution >= 0.6 is 15.9 Å². The van der Waals surface area contributed by atoms with Crippen molar-refractivity contribution in [3.8, 4) is 0 Å². The van der Waals surface area contributed by atoms with Crippen molar-refractivity contribution in [1.82, 2.24) is 0 Å². The highest BCUT2D eigenvalue weighted by atomic mass is 79.9. The van der Waals surface area contributed by atoms with Gasteiger partial charge in [-0.05, 0) is 48.0 Å². The van der Waals surface area contributed by atoms with Gasteiger partial charge in [0.15, 0.2) is 5.84 Å². The zero-order chi connectivity index (χ0) is 15.4. The average molecular weight is 352 g/mol. The van der Waals surface area contributed by atoms with Gasteiger partial charge in [-0.15, -0.1) is 0 Å². The highest BCUT2D eigenvalue weighted by Crippen LogP contribution is 2.20. The lowest BCUT2D eigenvalue weighted by atomic mass is 10.1. The summed E-state index contributed by atoms with van der Waals surface area (Å²) in [5.74, 6) is -0.201. The molecule has 0 saturated heterocycles. The molecule has 3 N–H and O–H groups in total. The maximum absolute atomic E-state index is 13.4. The van der Waals surface area contributed by atoms with Crippen LogP contribution in [0.25, 0.3) is 0 Å². The van der Waals surface area contributed by atoms with E-state index >= 15 is 0 Å². The monoisotopic (exact) mass is 351 g/mol. The van der Waals surface area contributed by atoms with E-state index in [4.69, 9.17) is 10.9 Å². The van der Waals surface area contributed by atoms with Crippen molar-refractivity contribution in [3.63, 3.8) is 0 Å². The van der Waals surface area contributed by atoms with Crippen LogP contribution in [-0.2, 0) is 6.54 Å². The van der Waals surface area contributed by atoms with Gasteiger partial charge in [0, 0.05) is 29.3 Å². The van der Waals surface area contributed by atoms with Crippen LogP contribution in [0.4, 0.5) is 10.1 Å². The second-order valence-electron chi connectivity index (χ2n) is 4.67. The van der Waals surface area contributed by atoms with E-state index in [9.17, 15) is 4.39 Å². The van der Waals surface area contributed by atoms with Gasteiger partial charge in [0.2, 0.25) is 0 Å². The number of nitrogens with two attached hydrogens (primary N) is 1. The molecule has 0 radical (unpaired) electrons. The lowest BCUT2D eigenvalue weighted by molar-refractivity contribution is 0.318. The third-order valence-corrected chi connectivity index (χ3v) is 3.51. The Labute approximate surface area is 130 Å². The highest BCUT2D eigenvalue weighted by Gasteiger charge is 2.06. The van der Waals surface area contributed by atoms with Gasteiger partial charge in [-0.1, -0.05) is 21.1 Å². The van der Waals surface area contributed by atoms with Gasteiger partial charge in [-0.3, -0.25) is 0 Å². The first kappa shape index (κ1) is 15.3.